The van der Waals surface area contributed by atoms with Crippen molar-refractivity contribution in [3.05, 3.63) is 55.1 Å². The monoisotopic (exact) mass is 387 g/mol. The summed E-state index contributed by atoms with van der Waals surface area (Å²) in [7, 11) is 0. The van der Waals surface area contributed by atoms with Crippen LogP contribution in [0.4, 0.5) is 5.69 Å². The van der Waals surface area contributed by atoms with Crippen molar-refractivity contribution in [1.29, 1.82) is 0 Å². The second-order valence-electron chi connectivity index (χ2n) is 8.68. The fraction of sp³-hybridized carbons (Fsp3) is 0.400. The molecule has 2 rings (SSSR count). The van der Waals surface area contributed by atoms with Crippen LogP contribution < -0.4 is 5.56 Å². The fourth-order valence-corrected chi connectivity index (χ4v) is 2.79. The molecule has 0 aliphatic heterocycles. The molecule has 0 bridgehead atoms. The van der Waals surface area contributed by atoms with E-state index in [1.54, 1.807) is 6.08 Å². The van der Waals surface area contributed by atoms with Crippen LogP contribution in [0.1, 0.15) is 64.1 Å². The van der Waals surface area contributed by atoms with Crippen molar-refractivity contribution in [2.45, 2.75) is 52.4 Å². The van der Waals surface area contributed by atoms with Gasteiger partial charge in [0.25, 0.3) is 5.88 Å². The Morgan fingerprint density at radius 3 is 1.93 bits per heavy atom. The minimum absolute atomic E-state index is 0.0178. The number of phenolic OH excluding ortho intramolecular Hbond substituents is 1. The number of H-pyrrole nitrogens is 1. The second-order valence-corrected chi connectivity index (χ2v) is 8.68. The Bertz CT molecular complexity index is 973. The number of benzene rings is 1. The number of aromatic nitrogens is 2. The molecular formula is C20H25N3O5. The molecule has 0 aliphatic carbocycles. The van der Waals surface area contributed by atoms with Crippen LogP contribution in [0.5, 0.6) is 11.6 Å². The topological polar surface area (TPSA) is 129 Å². The van der Waals surface area contributed by atoms with Gasteiger partial charge in [0.2, 0.25) is 0 Å². The van der Waals surface area contributed by atoms with Crippen molar-refractivity contribution in [3.63, 3.8) is 0 Å². The zero-order valence-corrected chi connectivity index (χ0v) is 16.8. The zero-order chi connectivity index (χ0) is 21.4. The number of aromatic hydroxyl groups is 2. The lowest BCUT2D eigenvalue weighted by Gasteiger charge is -2.27. The first kappa shape index (κ1) is 21.1. The van der Waals surface area contributed by atoms with Crippen molar-refractivity contribution in [1.82, 2.24) is 9.97 Å². The second kappa shape index (κ2) is 7.10. The van der Waals surface area contributed by atoms with Crippen LogP contribution in [-0.4, -0.2) is 25.1 Å². The van der Waals surface area contributed by atoms with E-state index in [0.717, 1.165) is 16.7 Å². The first-order valence-electron chi connectivity index (χ1n) is 8.75. The largest absolute Gasteiger partial charge is 0.507 e. The third kappa shape index (κ3) is 4.39. The van der Waals surface area contributed by atoms with Crippen LogP contribution in [-0.2, 0) is 10.8 Å². The summed E-state index contributed by atoms with van der Waals surface area (Å²) in [5.41, 5.74) is -0.327. The smallest absolute Gasteiger partial charge is 0.395 e. The van der Waals surface area contributed by atoms with Gasteiger partial charge in [0.15, 0.2) is 0 Å². The van der Waals surface area contributed by atoms with E-state index in [0.29, 0.717) is 0 Å². The Kier molecular flexibility index (Phi) is 5.36. The molecule has 2 aromatic rings. The highest BCUT2D eigenvalue weighted by atomic mass is 16.6. The molecule has 0 fully saturated rings. The average Bonchev–Trinajstić information content (AvgIpc) is 2.50. The Hall–Kier alpha value is -3.16. The van der Waals surface area contributed by atoms with E-state index in [-0.39, 0.29) is 22.4 Å². The summed E-state index contributed by atoms with van der Waals surface area (Å²) in [6.07, 6.45) is 3.10. The van der Waals surface area contributed by atoms with Gasteiger partial charge in [-0.25, -0.2) is 0 Å². The number of hydrogen-bond acceptors (Lipinski definition) is 6. The van der Waals surface area contributed by atoms with E-state index < -0.39 is 22.0 Å². The van der Waals surface area contributed by atoms with Gasteiger partial charge in [-0.2, -0.15) is 4.98 Å². The summed E-state index contributed by atoms with van der Waals surface area (Å²) < 4.78 is 0. The molecule has 0 amide bonds. The molecule has 0 radical (unpaired) electrons. The predicted octanol–water partition coefficient (Wildman–Crippen LogP) is 3.85. The lowest BCUT2D eigenvalue weighted by molar-refractivity contribution is -0.387. The minimum atomic E-state index is -1.03. The fourth-order valence-electron chi connectivity index (χ4n) is 2.79. The Labute approximate surface area is 162 Å². The molecule has 0 saturated heterocycles. The molecule has 1 aromatic heterocycles. The van der Waals surface area contributed by atoms with E-state index in [9.17, 15) is 25.1 Å². The molecule has 8 nitrogen and oxygen atoms in total. The van der Waals surface area contributed by atoms with Crippen LogP contribution in [0, 0.1) is 10.1 Å². The molecule has 1 aromatic carbocycles. The van der Waals surface area contributed by atoms with Crippen molar-refractivity contribution >= 4 is 17.8 Å². The minimum Gasteiger partial charge on any atom is -0.507 e. The Morgan fingerprint density at radius 1 is 1.04 bits per heavy atom. The zero-order valence-electron chi connectivity index (χ0n) is 16.8. The van der Waals surface area contributed by atoms with E-state index in [4.69, 9.17) is 0 Å². The van der Waals surface area contributed by atoms with Crippen molar-refractivity contribution in [3.8, 4) is 11.6 Å². The molecule has 0 aliphatic rings. The van der Waals surface area contributed by atoms with Crippen LogP contribution in [0.2, 0.25) is 0 Å². The molecule has 3 N–H and O–H groups in total. The number of phenols is 1. The van der Waals surface area contributed by atoms with Crippen molar-refractivity contribution in [2.75, 3.05) is 0 Å². The summed E-state index contributed by atoms with van der Waals surface area (Å²) in [6.45, 7) is 12.0. The highest BCUT2D eigenvalue weighted by Crippen LogP contribution is 2.40. The number of rotatable bonds is 3. The number of aromatic amines is 1. The van der Waals surface area contributed by atoms with Crippen LogP contribution in [0.15, 0.2) is 16.9 Å². The van der Waals surface area contributed by atoms with Gasteiger partial charge in [0.05, 0.1) is 4.92 Å². The lowest BCUT2D eigenvalue weighted by Crippen LogP contribution is -2.17. The van der Waals surface area contributed by atoms with Gasteiger partial charge in [0.1, 0.15) is 11.6 Å². The summed E-state index contributed by atoms with van der Waals surface area (Å²) in [6, 6.07) is 3.68. The molecule has 1 heterocycles. The quantitative estimate of drug-likeness (QED) is 0.542. The summed E-state index contributed by atoms with van der Waals surface area (Å²) >= 11 is 0. The third-order valence-corrected chi connectivity index (χ3v) is 4.26. The third-order valence-electron chi connectivity index (χ3n) is 4.26. The highest BCUT2D eigenvalue weighted by molar-refractivity contribution is 5.69. The van der Waals surface area contributed by atoms with E-state index in [1.807, 2.05) is 53.7 Å². The Morgan fingerprint density at radius 2 is 1.54 bits per heavy atom. The molecule has 0 saturated carbocycles. The van der Waals surface area contributed by atoms with Crippen molar-refractivity contribution < 1.29 is 15.1 Å². The van der Waals surface area contributed by atoms with Crippen molar-refractivity contribution in [2.24, 2.45) is 0 Å². The van der Waals surface area contributed by atoms with E-state index in [1.165, 1.54) is 6.08 Å². The normalized spacial score (nSPS) is 12.5. The molecular weight excluding hydrogens is 362 g/mol. The Balaban J connectivity index is 2.58. The summed E-state index contributed by atoms with van der Waals surface area (Å²) in [5.74, 6) is -0.711. The number of nitro groups is 1. The molecule has 0 spiro atoms. The van der Waals surface area contributed by atoms with E-state index in [2.05, 4.69) is 9.97 Å². The van der Waals surface area contributed by atoms with E-state index >= 15 is 0 Å². The summed E-state index contributed by atoms with van der Waals surface area (Å²) in [4.78, 5) is 27.5. The number of hydrogen-bond donors (Lipinski definition) is 3. The van der Waals surface area contributed by atoms with Gasteiger partial charge in [0, 0.05) is 11.1 Å². The summed E-state index contributed by atoms with van der Waals surface area (Å²) in [5, 5.41) is 31.2. The van der Waals surface area contributed by atoms with Crippen LogP contribution in [0.3, 0.4) is 0 Å². The first-order chi connectivity index (χ1) is 12.7. The molecule has 0 unspecified atom stereocenters. The first-order valence-corrected chi connectivity index (χ1v) is 8.75. The maximum absolute atomic E-state index is 11.8. The van der Waals surface area contributed by atoms with Gasteiger partial charge >= 0.3 is 11.2 Å². The van der Waals surface area contributed by atoms with Gasteiger partial charge < -0.3 is 15.2 Å². The maximum atomic E-state index is 11.8. The average molecular weight is 387 g/mol. The predicted molar refractivity (Wildman–Crippen MR) is 108 cm³/mol. The van der Waals surface area contributed by atoms with Gasteiger partial charge in [-0.05, 0) is 34.6 Å². The molecule has 8 heteroatoms. The van der Waals surface area contributed by atoms with Crippen LogP contribution >= 0.6 is 0 Å². The number of nitrogens with zero attached hydrogens (tertiary/aromatic N) is 2. The molecule has 0 atom stereocenters. The highest BCUT2D eigenvalue weighted by Gasteiger charge is 2.26. The lowest BCUT2D eigenvalue weighted by atomic mass is 9.78. The van der Waals surface area contributed by atoms with Gasteiger partial charge in [-0.3, -0.25) is 14.9 Å². The van der Waals surface area contributed by atoms with Crippen LogP contribution in [0.25, 0.3) is 12.2 Å². The SMILES string of the molecule is CC(C)(C)c1cc(C=Cc2nc(O)c([N+](=O)[O-])c(=O)[nH]2)cc(C(C)(C)C)c1O. The maximum Gasteiger partial charge on any atom is 0.395 e. The van der Waals surface area contributed by atoms with Gasteiger partial charge in [-0.1, -0.05) is 47.6 Å². The molecule has 28 heavy (non-hydrogen) atoms. The standard InChI is InChI=1S/C20H25N3O5/c1-19(2,3)12-9-11(10-13(16(12)24)20(4,5)6)7-8-14-21-17(25)15(23(27)28)18(26)22-14/h7-10,24H,1-6H3,(H2,21,22,25,26). The molecule has 150 valence electrons. The van der Waals surface area contributed by atoms with Gasteiger partial charge in [-0.15, -0.1) is 0 Å². The number of nitrogens with one attached hydrogen (secondary N) is 1.